The standard InChI is InChI=1S/C7H6N4O3S2.Na/c12-16(13,14)6-3-1-2-5(4-6)11-7(15)8-9-10-11;/h1-4H,(H,8,10,15)(H,12,13,14);/q;+1. The summed E-state index contributed by atoms with van der Waals surface area (Å²) in [7, 11) is -4.47. The number of nitrogens with zero attached hydrogens (tertiary/aromatic N) is 2. The van der Waals surface area contributed by atoms with Crippen molar-refractivity contribution >= 4 is 22.3 Å². The van der Waals surface area contributed by atoms with Gasteiger partial charge in [-0.1, -0.05) is 16.0 Å². The van der Waals surface area contributed by atoms with E-state index in [0.29, 0.717) is 5.69 Å². The van der Waals surface area contributed by atoms with Crippen LogP contribution < -0.4 is 34.7 Å². The van der Waals surface area contributed by atoms with E-state index in [2.05, 4.69) is 15.5 Å². The average molecular weight is 281 g/mol. The molecule has 0 aliphatic heterocycles. The largest absolute Gasteiger partial charge is 1.00 e. The molecule has 0 radical (unpaired) electrons. The quantitative estimate of drug-likeness (QED) is 0.352. The Balaban J connectivity index is 0.00000144. The second-order valence-corrected chi connectivity index (χ2v) is 4.68. The molecule has 84 valence electrons. The van der Waals surface area contributed by atoms with E-state index < -0.39 is 10.1 Å². The number of rotatable bonds is 2. The van der Waals surface area contributed by atoms with E-state index in [1.165, 1.54) is 22.9 Å². The molecule has 2 aromatic rings. The minimum atomic E-state index is -4.47. The molecule has 1 aromatic heterocycles. The summed E-state index contributed by atoms with van der Waals surface area (Å²) in [5.41, 5.74) is 0.413. The summed E-state index contributed by atoms with van der Waals surface area (Å²) >= 11 is 4.89. The van der Waals surface area contributed by atoms with Gasteiger partial charge >= 0.3 is 34.3 Å². The van der Waals surface area contributed by atoms with Gasteiger partial charge in [-0.05, 0) is 18.2 Å². The van der Waals surface area contributed by atoms with Gasteiger partial charge in [0.25, 0.3) is 0 Å². The number of nitrogens with one attached hydrogen (secondary N) is 2. The van der Waals surface area contributed by atoms with Crippen molar-refractivity contribution in [1.82, 2.24) is 15.1 Å². The predicted octanol–water partition coefficient (Wildman–Crippen LogP) is -3.35. The molecule has 0 saturated heterocycles. The van der Waals surface area contributed by atoms with E-state index in [1.54, 1.807) is 6.07 Å². The molecule has 0 bridgehead atoms. The zero-order valence-corrected chi connectivity index (χ0v) is 12.4. The molecule has 0 aliphatic rings. The van der Waals surface area contributed by atoms with E-state index in [4.69, 9.17) is 12.2 Å². The molecule has 0 unspecified atom stereocenters. The van der Waals surface area contributed by atoms with Crippen LogP contribution in [0, 0.1) is 4.77 Å². The summed E-state index contributed by atoms with van der Waals surface area (Å²) in [4.78, 5) is -0.318. The molecule has 2 rings (SSSR count). The van der Waals surface area contributed by atoms with Crippen LogP contribution in [-0.4, -0.2) is 28.1 Å². The molecule has 0 atom stereocenters. The third kappa shape index (κ3) is 3.21. The van der Waals surface area contributed by atoms with Gasteiger partial charge in [0.15, 0.2) is 0 Å². The average Bonchev–Trinajstić information content (AvgIpc) is 2.63. The van der Waals surface area contributed by atoms with Crippen LogP contribution in [0.3, 0.4) is 0 Å². The fourth-order valence-corrected chi connectivity index (χ4v) is 1.87. The topological polar surface area (TPSA) is 105 Å². The summed E-state index contributed by atoms with van der Waals surface area (Å²) in [6.45, 7) is 0. The maximum Gasteiger partial charge on any atom is 1.00 e. The van der Waals surface area contributed by atoms with Gasteiger partial charge < -0.3 is 4.55 Å². The monoisotopic (exact) mass is 281 g/mol. The minimum absolute atomic E-state index is 0. The smallest absolute Gasteiger partial charge is 0.744 e. The number of benzene rings is 1. The van der Waals surface area contributed by atoms with Crippen molar-refractivity contribution in [3.8, 4) is 5.69 Å². The van der Waals surface area contributed by atoms with Crippen LogP contribution in [0.15, 0.2) is 29.2 Å². The molecule has 7 nitrogen and oxygen atoms in total. The van der Waals surface area contributed by atoms with Gasteiger partial charge in [-0.3, -0.25) is 0 Å². The molecule has 0 saturated carbocycles. The Labute approximate surface area is 124 Å². The van der Waals surface area contributed by atoms with Crippen LogP contribution in [0.2, 0.25) is 0 Å². The Morgan fingerprint density at radius 3 is 2.71 bits per heavy atom. The first kappa shape index (κ1) is 14.5. The number of aromatic amines is 2. The zero-order chi connectivity index (χ0) is 11.8. The maximum absolute atomic E-state index is 10.8. The Morgan fingerprint density at radius 2 is 2.18 bits per heavy atom. The van der Waals surface area contributed by atoms with Gasteiger partial charge in [-0.15, -0.1) is 5.10 Å². The number of aromatic nitrogens is 4. The van der Waals surface area contributed by atoms with Gasteiger partial charge in [0, 0.05) is 12.2 Å². The van der Waals surface area contributed by atoms with E-state index in [-0.39, 0.29) is 39.2 Å². The van der Waals surface area contributed by atoms with Crippen molar-refractivity contribution < 1.29 is 47.6 Å². The molecule has 0 spiro atoms. The van der Waals surface area contributed by atoms with Crippen molar-refractivity contribution in [2.75, 3.05) is 0 Å². The van der Waals surface area contributed by atoms with Crippen molar-refractivity contribution in [3.05, 3.63) is 29.0 Å². The summed E-state index contributed by atoms with van der Waals surface area (Å²) in [6.07, 6.45) is 0. The third-order valence-electron chi connectivity index (χ3n) is 1.87. The summed E-state index contributed by atoms with van der Waals surface area (Å²) in [6, 6.07) is 5.47. The second-order valence-electron chi connectivity index (χ2n) is 2.92. The van der Waals surface area contributed by atoms with Crippen LogP contribution in [0.25, 0.3) is 5.69 Å². The zero-order valence-electron chi connectivity index (χ0n) is 8.75. The Bertz CT molecular complexity index is 678. The number of hydrogen-bond donors (Lipinski definition) is 1. The van der Waals surface area contributed by atoms with Gasteiger partial charge in [0.2, 0.25) is 0 Å². The molecule has 1 heterocycles. The normalized spacial score (nSPS) is 10.9. The first-order valence-electron chi connectivity index (χ1n) is 4.10. The van der Waals surface area contributed by atoms with Crippen LogP contribution in [0.5, 0.6) is 0 Å². The van der Waals surface area contributed by atoms with Crippen molar-refractivity contribution in [1.29, 1.82) is 0 Å². The molecule has 0 amide bonds. The number of H-pyrrole nitrogens is 2. The fraction of sp³-hybridized carbons (Fsp3) is 0. The molecule has 1 aromatic carbocycles. The molecule has 0 aliphatic carbocycles. The minimum Gasteiger partial charge on any atom is -0.744 e. The van der Waals surface area contributed by atoms with Gasteiger partial charge in [0.05, 0.1) is 10.1 Å². The Hall–Kier alpha value is -0.580. The Morgan fingerprint density at radius 1 is 1.47 bits per heavy atom. The van der Waals surface area contributed by atoms with E-state index in [9.17, 15) is 13.0 Å². The molecular weight excluding hydrogens is 275 g/mol. The van der Waals surface area contributed by atoms with E-state index in [0.717, 1.165) is 0 Å². The molecule has 0 fully saturated rings. The van der Waals surface area contributed by atoms with Crippen LogP contribution >= 0.6 is 12.2 Å². The van der Waals surface area contributed by atoms with Gasteiger partial charge in [-0.2, -0.15) is 0 Å². The SMILES string of the molecule is O=S(=O)([O-])c1cccc(-n2[nH]n[nH+]c2=S)c1.[Na+]. The van der Waals surface area contributed by atoms with E-state index >= 15 is 0 Å². The first-order chi connectivity index (χ1) is 7.48. The van der Waals surface area contributed by atoms with E-state index in [1.807, 2.05) is 0 Å². The predicted molar refractivity (Wildman–Crippen MR) is 53.3 cm³/mol. The van der Waals surface area contributed by atoms with Crippen molar-refractivity contribution in [2.24, 2.45) is 0 Å². The fourth-order valence-electron chi connectivity index (χ4n) is 1.17. The third-order valence-corrected chi connectivity index (χ3v) is 2.97. The van der Waals surface area contributed by atoms with Crippen LogP contribution in [-0.2, 0) is 10.1 Å². The molecule has 10 heteroatoms. The summed E-state index contributed by atoms with van der Waals surface area (Å²) in [5, 5.41) is 8.55. The molecule has 2 N–H and O–H groups in total. The number of hydrogen-bond acceptors (Lipinski definition) is 5. The molecule has 17 heavy (non-hydrogen) atoms. The van der Waals surface area contributed by atoms with Gasteiger partial charge in [-0.25, -0.2) is 8.42 Å². The van der Waals surface area contributed by atoms with Crippen molar-refractivity contribution in [3.63, 3.8) is 0 Å². The summed E-state index contributed by atoms with van der Waals surface area (Å²) < 4.78 is 34.0. The van der Waals surface area contributed by atoms with Gasteiger partial charge in [0.1, 0.15) is 15.8 Å². The van der Waals surface area contributed by atoms with Crippen molar-refractivity contribution in [2.45, 2.75) is 4.90 Å². The van der Waals surface area contributed by atoms with Crippen LogP contribution in [0.4, 0.5) is 0 Å². The molecular formula is C7H6N4NaO3S2+. The maximum atomic E-state index is 10.8. The first-order valence-corrected chi connectivity index (χ1v) is 5.91. The number of tetrazole rings is 1. The summed E-state index contributed by atoms with van der Waals surface area (Å²) in [5.74, 6) is 0. The van der Waals surface area contributed by atoms with Crippen LogP contribution in [0.1, 0.15) is 0 Å². The Kier molecular flexibility index (Phi) is 4.58. The second kappa shape index (κ2) is 5.38.